The van der Waals surface area contributed by atoms with Gasteiger partial charge in [0.2, 0.25) is 5.91 Å². The third-order valence-corrected chi connectivity index (χ3v) is 4.65. The molecule has 0 spiro atoms. The highest BCUT2D eigenvalue weighted by Crippen LogP contribution is 2.33. The number of hydrogen-bond acceptors (Lipinski definition) is 4. The van der Waals surface area contributed by atoms with Crippen LogP contribution in [0.2, 0.25) is 0 Å². The average Bonchev–Trinajstić information content (AvgIpc) is 3.00. The zero-order chi connectivity index (χ0) is 19.0. The predicted octanol–water partition coefficient (Wildman–Crippen LogP) is 3.56. The first kappa shape index (κ1) is 17.7. The normalized spacial score (nSPS) is 22.3. The minimum absolute atomic E-state index is 0.106. The lowest BCUT2D eigenvalue weighted by Crippen LogP contribution is -2.39. The number of benzene rings is 2. The first-order valence-corrected chi connectivity index (χ1v) is 8.53. The van der Waals surface area contributed by atoms with Crippen LogP contribution in [0.3, 0.4) is 0 Å². The SMILES string of the molecule is O=C1Nc2ccccc2O[C@H]2C[C@@H]1N(Cc1ccc(OC(F)(F)F)cc1)C2. The van der Waals surface area contributed by atoms with Crippen LogP contribution in [0.5, 0.6) is 11.5 Å². The summed E-state index contributed by atoms with van der Waals surface area (Å²) in [6.07, 6.45) is -4.26. The summed E-state index contributed by atoms with van der Waals surface area (Å²) in [6, 6.07) is 12.6. The van der Waals surface area contributed by atoms with Crippen LogP contribution >= 0.6 is 0 Å². The van der Waals surface area contributed by atoms with Crippen LogP contribution in [0.4, 0.5) is 18.9 Å². The lowest BCUT2D eigenvalue weighted by molar-refractivity contribution is -0.274. The Morgan fingerprint density at radius 2 is 1.89 bits per heavy atom. The van der Waals surface area contributed by atoms with Crippen molar-refractivity contribution in [2.45, 2.75) is 31.5 Å². The lowest BCUT2D eigenvalue weighted by atomic mass is 10.1. The van der Waals surface area contributed by atoms with Gasteiger partial charge in [-0.15, -0.1) is 13.2 Å². The van der Waals surface area contributed by atoms with Crippen molar-refractivity contribution in [1.29, 1.82) is 0 Å². The number of amides is 1. The Morgan fingerprint density at radius 3 is 2.63 bits per heavy atom. The highest BCUT2D eigenvalue weighted by atomic mass is 19.4. The van der Waals surface area contributed by atoms with Crippen molar-refractivity contribution in [3.05, 3.63) is 54.1 Å². The minimum atomic E-state index is -4.71. The highest BCUT2D eigenvalue weighted by Gasteiger charge is 2.40. The molecule has 0 radical (unpaired) electrons. The summed E-state index contributed by atoms with van der Waals surface area (Å²) in [7, 11) is 0. The molecule has 2 heterocycles. The van der Waals surface area contributed by atoms with E-state index in [-0.39, 0.29) is 23.8 Å². The number of carbonyl (C=O) groups is 1. The minimum Gasteiger partial charge on any atom is -0.487 e. The molecule has 142 valence electrons. The maximum absolute atomic E-state index is 12.6. The number of hydrogen-bond donors (Lipinski definition) is 1. The number of rotatable bonds is 3. The first-order chi connectivity index (χ1) is 12.9. The van der Waals surface area contributed by atoms with E-state index in [9.17, 15) is 18.0 Å². The van der Waals surface area contributed by atoms with Crippen molar-refractivity contribution in [2.75, 3.05) is 11.9 Å². The van der Waals surface area contributed by atoms with E-state index in [0.717, 1.165) is 5.56 Å². The molecule has 5 nitrogen and oxygen atoms in total. The van der Waals surface area contributed by atoms with E-state index >= 15 is 0 Å². The maximum atomic E-state index is 12.6. The van der Waals surface area contributed by atoms with Crippen LogP contribution in [0.1, 0.15) is 12.0 Å². The summed E-state index contributed by atoms with van der Waals surface area (Å²) in [5.41, 5.74) is 1.44. The van der Waals surface area contributed by atoms with E-state index < -0.39 is 6.36 Å². The van der Waals surface area contributed by atoms with Gasteiger partial charge < -0.3 is 14.8 Å². The molecule has 0 aliphatic carbocycles. The molecule has 0 saturated carbocycles. The fraction of sp³-hybridized carbons (Fsp3) is 0.316. The van der Waals surface area contributed by atoms with E-state index in [1.54, 1.807) is 18.2 Å². The smallest absolute Gasteiger partial charge is 0.487 e. The van der Waals surface area contributed by atoms with Gasteiger partial charge >= 0.3 is 6.36 Å². The molecule has 1 N–H and O–H groups in total. The molecule has 2 aliphatic rings. The van der Waals surface area contributed by atoms with E-state index in [2.05, 4.69) is 10.1 Å². The highest BCUT2D eigenvalue weighted by molar-refractivity contribution is 5.96. The Morgan fingerprint density at radius 1 is 1.15 bits per heavy atom. The van der Waals surface area contributed by atoms with Crippen molar-refractivity contribution in [3.8, 4) is 11.5 Å². The summed E-state index contributed by atoms with van der Waals surface area (Å²) in [5.74, 6) is 0.270. The number of alkyl halides is 3. The van der Waals surface area contributed by atoms with Gasteiger partial charge in [-0.05, 0) is 29.8 Å². The Balaban J connectivity index is 1.47. The van der Waals surface area contributed by atoms with E-state index in [0.29, 0.717) is 30.9 Å². The van der Waals surface area contributed by atoms with Crippen LogP contribution in [-0.4, -0.2) is 35.9 Å². The van der Waals surface area contributed by atoms with Crippen molar-refractivity contribution < 1.29 is 27.4 Å². The quantitative estimate of drug-likeness (QED) is 0.888. The van der Waals surface area contributed by atoms with Gasteiger partial charge in [0.05, 0.1) is 11.7 Å². The molecule has 2 aromatic rings. The number of halogens is 3. The van der Waals surface area contributed by atoms with E-state index in [1.165, 1.54) is 12.1 Å². The monoisotopic (exact) mass is 378 g/mol. The van der Waals surface area contributed by atoms with Crippen LogP contribution in [-0.2, 0) is 11.3 Å². The molecule has 0 aromatic heterocycles. The van der Waals surface area contributed by atoms with E-state index in [1.807, 2.05) is 23.1 Å². The largest absolute Gasteiger partial charge is 0.573 e. The number of fused-ring (bicyclic) bond motifs is 3. The number of nitrogens with zero attached hydrogens (tertiary/aromatic N) is 1. The molecule has 8 heteroatoms. The Bertz CT molecular complexity index is 839. The van der Waals surface area contributed by atoms with Crippen LogP contribution in [0, 0.1) is 0 Å². The second-order valence-corrected chi connectivity index (χ2v) is 6.60. The maximum Gasteiger partial charge on any atom is 0.573 e. The van der Waals surface area contributed by atoms with Gasteiger partial charge in [0.1, 0.15) is 17.6 Å². The zero-order valence-electron chi connectivity index (χ0n) is 14.2. The Labute approximate surface area is 153 Å². The van der Waals surface area contributed by atoms with Gasteiger partial charge in [0, 0.05) is 19.5 Å². The molecule has 0 unspecified atom stereocenters. The molecular formula is C19H17F3N2O3. The van der Waals surface area contributed by atoms with Crippen LogP contribution < -0.4 is 14.8 Å². The number of ether oxygens (including phenoxy) is 2. The number of anilines is 1. The number of likely N-dealkylation sites (tertiary alicyclic amines) is 1. The zero-order valence-corrected chi connectivity index (χ0v) is 14.2. The number of para-hydroxylation sites is 2. The predicted molar refractivity (Wildman–Crippen MR) is 91.4 cm³/mol. The van der Waals surface area contributed by atoms with Crippen molar-refractivity contribution in [2.24, 2.45) is 0 Å². The third-order valence-electron chi connectivity index (χ3n) is 4.65. The molecule has 4 rings (SSSR count). The number of nitrogens with one attached hydrogen (secondary N) is 1. The standard InChI is InChI=1S/C19H17F3N2O3/c20-19(21,22)27-13-7-5-12(6-8-13)10-24-11-14-9-16(24)18(25)23-15-3-1-2-4-17(15)26-14/h1-8,14,16H,9-11H2,(H,23,25)/t14-,16-/m0/s1. The topological polar surface area (TPSA) is 50.8 Å². The average molecular weight is 378 g/mol. The van der Waals surface area contributed by atoms with Crippen molar-refractivity contribution >= 4 is 11.6 Å². The Kier molecular flexibility index (Phi) is 4.43. The molecule has 27 heavy (non-hydrogen) atoms. The van der Waals surface area contributed by atoms with Crippen molar-refractivity contribution in [1.82, 2.24) is 4.90 Å². The summed E-state index contributed by atoms with van der Waals surface area (Å²) in [4.78, 5) is 14.6. The fourth-order valence-corrected chi connectivity index (χ4v) is 3.49. The molecule has 2 aromatic carbocycles. The first-order valence-electron chi connectivity index (χ1n) is 8.53. The van der Waals surface area contributed by atoms with Gasteiger partial charge in [-0.1, -0.05) is 24.3 Å². The summed E-state index contributed by atoms with van der Waals surface area (Å²) in [5, 5.41) is 2.89. The molecule has 1 fully saturated rings. The molecule has 2 atom stereocenters. The number of carbonyl (C=O) groups excluding carboxylic acids is 1. The molecular weight excluding hydrogens is 361 g/mol. The molecule has 2 bridgehead atoms. The van der Waals surface area contributed by atoms with Gasteiger partial charge in [0.25, 0.3) is 0 Å². The summed E-state index contributed by atoms with van der Waals surface area (Å²) in [6.45, 7) is 0.994. The van der Waals surface area contributed by atoms with Crippen LogP contribution in [0.25, 0.3) is 0 Å². The second kappa shape index (κ2) is 6.77. The van der Waals surface area contributed by atoms with Gasteiger partial charge in [0.15, 0.2) is 0 Å². The van der Waals surface area contributed by atoms with Gasteiger partial charge in [-0.2, -0.15) is 0 Å². The molecule has 1 amide bonds. The second-order valence-electron chi connectivity index (χ2n) is 6.60. The summed E-state index contributed by atoms with van der Waals surface area (Å²) < 4.78 is 46.7. The van der Waals surface area contributed by atoms with Gasteiger partial charge in [-0.3, -0.25) is 9.69 Å². The lowest BCUT2D eigenvalue weighted by Gasteiger charge is -2.23. The molecule has 1 saturated heterocycles. The van der Waals surface area contributed by atoms with Gasteiger partial charge in [-0.25, -0.2) is 0 Å². The Hall–Kier alpha value is -2.74. The summed E-state index contributed by atoms with van der Waals surface area (Å²) >= 11 is 0. The third kappa shape index (κ3) is 4.00. The fourth-order valence-electron chi connectivity index (χ4n) is 3.49. The van der Waals surface area contributed by atoms with E-state index in [4.69, 9.17) is 4.74 Å². The molecule has 2 aliphatic heterocycles. The van der Waals surface area contributed by atoms with Crippen molar-refractivity contribution in [3.63, 3.8) is 0 Å². The van der Waals surface area contributed by atoms with Crippen LogP contribution in [0.15, 0.2) is 48.5 Å².